The molecule has 108 valence electrons. The molecule has 21 heavy (non-hydrogen) atoms. The van der Waals surface area contributed by atoms with Crippen LogP contribution in [0.5, 0.6) is 5.75 Å². The average molecular weight is 415 g/mol. The van der Waals surface area contributed by atoms with Gasteiger partial charge in [-0.15, -0.1) is 0 Å². The normalized spacial score (nSPS) is 10.2. The molecule has 0 spiro atoms. The van der Waals surface area contributed by atoms with Gasteiger partial charge >= 0.3 is 5.97 Å². The zero-order chi connectivity index (χ0) is 15.6. The number of hydrogen-bond donors (Lipinski definition) is 0. The smallest absolute Gasteiger partial charge is 0.350 e. The summed E-state index contributed by atoms with van der Waals surface area (Å²) in [6, 6.07) is 9.19. The van der Waals surface area contributed by atoms with E-state index in [1.165, 1.54) is 18.2 Å². The lowest BCUT2D eigenvalue weighted by Gasteiger charge is -2.10. The first-order valence-corrected chi connectivity index (χ1v) is 7.40. The quantitative estimate of drug-likeness (QED) is 0.317. The molecule has 0 saturated carbocycles. The van der Waals surface area contributed by atoms with Crippen molar-refractivity contribution in [2.75, 3.05) is 0 Å². The van der Waals surface area contributed by atoms with Crippen LogP contribution in [0, 0.1) is 17.0 Å². The zero-order valence-corrected chi connectivity index (χ0v) is 14.0. The second kappa shape index (κ2) is 6.36. The molecule has 0 saturated heterocycles. The van der Waals surface area contributed by atoms with Crippen molar-refractivity contribution in [1.82, 2.24) is 0 Å². The maximum absolute atomic E-state index is 12.2. The Bertz CT molecular complexity index is 708. The van der Waals surface area contributed by atoms with Crippen molar-refractivity contribution in [3.63, 3.8) is 0 Å². The summed E-state index contributed by atoms with van der Waals surface area (Å²) >= 11 is 6.63. The molecule has 0 atom stereocenters. The summed E-state index contributed by atoms with van der Waals surface area (Å²) in [6.07, 6.45) is 0. The summed E-state index contributed by atoms with van der Waals surface area (Å²) in [4.78, 5) is 22.5. The Balaban J connectivity index is 2.38. The van der Waals surface area contributed by atoms with Gasteiger partial charge in [0.05, 0.1) is 9.40 Å². The van der Waals surface area contributed by atoms with Crippen molar-refractivity contribution >= 4 is 43.5 Å². The van der Waals surface area contributed by atoms with Crippen LogP contribution >= 0.6 is 31.9 Å². The van der Waals surface area contributed by atoms with Crippen molar-refractivity contribution in [1.29, 1.82) is 0 Å². The topological polar surface area (TPSA) is 69.4 Å². The summed E-state index contributed by atoms with van der Waals surface area (Å²) in [5.41, 5.74) is 0.355. The third-order valence-corrected chi connectivity index (χ3v) is 3.76. The molecule has 0 radical (unpaired) electrons. The minimum atomic E-state index is -0.770. The number of nitrogens with zero attached hydrogens (tertiary/aromatic N) is 1. The molecule has 0 amide bonds. The molecular weight excluding hydrogens is 406 g/mol. The van der Waals surface area contributed by atoms with Gasteiger partial charge in [0.1, 0.15) is 11.3 Å². The number of para-hydroxylation sites is 1. The van der Waals surface area contributed by atoms with E-state index in [-0.39, 0.29) is 11.3 Å². The van der Waals surface area contributed by atoms with Gasteiger partial charge in [-0.1, -0.05) is 28.1 Å². The van der Waals surface area contributed by atoms with Crippen molar-refractivity contribution in [3.8, 4) is 5.75 Å². The molecule has 5 nitrogen and oxygen atoms in total. The van der Waals surface area contributed by atoms with E-state index in [9.17, 15) is 14.9 Å². The highest BCUT2D eigenvalue weighted by Crippen LogP contribution is 2.33. The zero-order valence-electron chi connectivity index (χ0n) is 10.8. The largest absolute Gasteiger partial charge is 0.421 e. The Morgan fingerprint density at radius 2 is 1.90 bits per heavy atom. The minimum Gasteiger partial charge on any atom is -0.421 e. The number of aryl methyl sites for hydroxylation is 1. The van der Waals surface area contributed by atoms with E-state index in [4.69, 9.17) is 4.74 Å². The SMILES string of the molecule is Cc1cc(Br)cc(Br)c1OC(=O)c1ccccc1[N+](=O)[O-]. The number of rotatable bonds is 3. The van der Waals surface area contributed by atoms with Crippen LogP contribution in [0.1, 0.15) is 15.9 Å². The molecular formula is C14H9Br2NO4. The number of nitro groups is 1. The maximum Gasteiger partial charge on any atom is 0.350 e. The van der Waals surface area contributed by atoms with Gasteiger partial charge in [0.2, 0.25) is 0 Å². The van der Waals surface area contributed by atoms with E-state index in [0.717, 1.165) is 10.0 Å². The minimum absolute atomic E-state index is 0.0864. The molecule has 0 N–H and O–H groups in total. The number of carbonyl (C=O) groups excluding carboxylic acids is 1. The fourth-order valence-electron chi connectivity index (χ4n) is 1.77. The molecule has 0 aliphatic rings. The fraction of sp³-hybridized carbons (Fsp3) is 0.0714. The third kappa shape index (κ3) is 3.48. The number of ether oxygens (including phenoxy) is 1. The predicted molar refractivity (Wildman–Crippen MR) is 84.6 cm³/mol. The number of benzene rings is 2. The highest BCUT2D eigenvalue weighted by Gasteiger charge is 2.22. The number of nitro benzene ring substituents is 1. The van der Waals surface area contributed by atoms with E-state index in [0.29, 0.717) is 10.2 Å². The standard InChI is InChI=1S/C14H9Br2NO4/c1-8-6-9(15)7-11(16)13(8)21-14(18)10-4-2-3-5-12(10)17(19)20/h2-7H,1H3. The van der Waals surface area contributed by atoms with Crippen LogP contribution in [0.3, 0.4) is 0 Å². The highest BCUT2D eigenvalue weighted by atomic mass is 79.9. The molecule has 2 aromatic carbocycles. The van der Waals surface area contributed by atoms with Crippen molar-refractivity contribution in [2.24, 2.45) is 0 Å². The van der Waals surface area contributed by atoms with Gasteiger partial charge < -0.3 is 4.74 Å². The summed E-state index contributed by atoms with van der Waals surface area (Å²) in [5.74, 6) is -0.435. The van der Waals surface area contributed by atoms with Crippen LogP contribution < -0.4 is 4.74 Å². The lowest BCUT2D eigenvalue weighted by Crippen LogP contribution is -2.12. The van der Waals surface area contributed by atoms with E-state index < -0.39 is 10.9 Å². The van der Waals surface area contributed by atoms with Crippen LogP contribution in [-0.2, 0) is 0 Å². The molecule has 0 bridgehead atoms. The Morgan fingerprint density at radius 1 is 1.24 bits per heavy atom. The monoisotopic (exact) mass is 413 g/mol. The summed E-state index contributed by atoms with van der Waals surface area (Å²) in [7, 11) is 0. The van der Waals surface area contributed by atoms with E-state index in [2.05, 4.69) is 31.9 Å². The van der Waals surface area contributed by atoms with E-state index in [1.807, 2.05) is 0 Å². The van der Waals surface area contributed by atoms with Crippen LogP contribution in [-0.4, -0.2) is 10.9 Å². The Hall–Kier alpha value is -1.73. The second-order valence-electron chi connectivity index (χ2n) is 4.20. The lowest BCUT2D eigenvalue weighted by molar-refractivity contribution is -0.385. The first-order valence-electron chi connectivity index (χ1n) is 5.81. The van der Waals surface area contributed by atoms with Gasteiger partial charge in [0.15, 0.2) is 0 Å². The van der Waals surface area contributed by atoms with Crippen molar-refractivity contribution < 1.29 is 14.5 Å². The highest BCUT2D eigenvalue weighted by molar-refractivity contribution is 9.11. The van der Waals surface area contributed by atoms with Gasteiger partial charge in [-0.2, -0.15) is 0 Å². The summed E-state index contributed by atoms with van der Waals surface area (Å²) in [5, 5.41) is 10.9. The van der Waals surface area contributed by atoms with Crippen LogP contribution in [0.15, 0.2) is 45.3 Å². The predicted octanol–water partition coefficient (Wildman–Crippen LogP) is 4.65. The Labute approximate surface area is 137 Å². The molecule has 2 rings (SSSR count). The summed E-state index contributed by atoms with van der Waals surface area (Å²) in [6.45, 7) is 1.78. The van der Waals surface area contributed by atoms with Gasteiger partial charge in [-0.05, 0) is 46.6 Å². The van der Waals surface area contributed by atoms with Gasteiger partial charge in [-0.3, -0.25) is 10.1 Å². The molecule has 0 unspecified atom stereocenters. The van der Waals surface area contributed by atoms with Crippen molar-refractivity contribution in [2.45, 2.75) is 6.92 Å². The Morgan fingerprint density at radius 3 is 2.52 bits per heavy atom. The maximum atomic E-state index is 12.2. The molecule has 0 aromatic heterocycles. The third-order valence-electron chi connectivity index (χ3n) is 2.71. The van der Waals surface area contributed by atoms with Crippen LogP contribution in [0.2, 0.25) is 0 Å². The van der Waals surface area contributed by atoms with Crippen LogP contribution in [0.4, 0.5) is 5.69 Å². The van der Waals surface area contributed by atoms with Gasteiger partial charge in [0.25, 0.3) is 5.69 Å². The second-order valence-corrected chi connectivity index (χ2v) is 5.97. The van der Waals surface area contributed by atoms with Gasteiger partial charge in [0, 0.05) is 10.5 Å². The van der Waals surface area contributed by atoms with Crippen LogP contribution in [0.25, 0.3) is 0 Å². The lowest BCUT2D eigenvalue weighted by atomic mass is 10.2. The van der Waals surface area contributed by atoms with Crippen molar-refractivity contribution in [3.05, 3.63) is 66.6 Å². The molecule has 0 aliphatic carbocycles. The number of hydrogen-bond acceptors (Lipinski definition) is 4. The van der Waals surface area contributed by atoms with E-state index in [1.54, 1.807) is 25.1 Å². The first kappa shape index (κ1) is 15.7. The summed E-state index contributed by atoms with van der Waals surface area (Å²) < 4.78 is 6.71. The van der Waals surface area contributed by atoms with Gasteiger partial charge in [-0.25, -0.2) is 4.79 Å². The fourth-order valence-corrected chi connectivity index (χ4v) is 3.29. The number of carbonyl (C=O) groups is 1. The number of halogens is 2. The average Bonchev–Trinajstić information content (AvgIpc) is 2.42. The Kier molecular flexibility index (Phi) is 4.74. The first-order chi connectivity index (χ1) is 9.90. The number of esters is 1. The molecule has 0 aliphatic heterocycles. The molecule has 2 aromatic rings. The molecule has 0 heterocycles. The molecule has 7 heteroatoms. The van der Waals surface area contributed by atoms with E-state index >= 15 is 0 Å². The molecule has 0 fully saturated rings.